The number of hydrogen-bond donors (Lipinski definition) is 2. The lowest BCUT2D eigenvalue weighted by molar-refractivity contribution is 0.147. The van der Waals surface area contributed by atoms with Crippen LogP contribution in [0, 0.1) is 0 Å². The fraction of sp³-hybridized carbons (Fsp3) is 0.455. The second-order valence-electron chi connectivity index (χ2n) is 7.91. The number of imidazole rings is 1. The molecule has 0 spiro atoms. The fourth-order valence-electron chi connectivity index (χ4n) is 4.04. The number of alkyl halides is 2. The summed E-state index contributed by atoms with van der Waals surface area (Å²) >= 11 is 0. The summed E-state index contributed by atoms with van der Waals surface area (Å²) in [6, 6.07) is 6.16. The largest absolute Gasteiger partial charge is 0.382 e. The molecule has 2 N–H and O–H groups in total. The van der Waals surface area contributed by atoms with Crippen molar-refractivity contribution in [1.82, 2.24) is 24.5 Å². The van der Waals surface area contributed by atoms with E-state index in [1.54, 1.807) is 10.5 Å². The van der Waals surface area contributed by atoms with E-state index < -0.39 is 6.43 Å². The topological polar surface area (TPSA) is 59.2 Å². The van der Waals surface area contributed by atoms with E-state index in [1.807, 2.05) is 29.2 Å². The molecule has 1 aliphatic rings. The molecule has 1 saturated carbocycles. The first kappa shape index (κ1) is 20.4. The van der Waals surface area contributed by atoms with Gasteiger partial charge in [0.15, 0.2) is 0 Å². The molecule has 8 heteroatoms. The highest BCUT2D eigenvalue weighted by molar-refractivity contribution is 5.60. The minimum atomic E-state index is -2.57. The third-order valence-corrected chi connectivity index (χ3v) is 5.63. The minimum Gasteiger partial charge on any atom is -0.382 e. The van der Waals surface area contributed by atoms with Crippen molar-refractivity contribution < 1.29 is 8.78 Å². The Labute approximate surface area is 175 Å². The lowest BCUT2D eigenvalue weighted by Crippen LogP contribution is -2.36. The number of nitrogens with zero attached hydrogens (tertiary/aromatic N) is 4. The first-order valence-electron chi connectivity index (χ1n) is 10.5. The molecule has 0 atom stereocenters. The third kappa shape index (κ3) is 4.47. The van der Waals surface area contributed by atoms with Gasteiger partial charge in [0, 0.05) is 42.3 Å². The summed E-state index contributed by atoms with van der Waals surface area (Å²) in [5.41, 5.74) is 2.28. The van der Waals surface area contributed by atoms with Gasteiger partial charge >= 0.3 is 0 Å². The van der Waals surface area contributed by atoms with E-state index in [1.165, 1.54) is 6.20 Å². The number of anilines is 1. The molecule has 0 unspecified atom stereocenters. The molecular formula is C22H28F2N6. The van der Waals surface area contributed by atoms with E-state index in [2.05, 4.69) is 34.2 Å². The number of halogens is 2. The molecule has 0 aromatic carbocycles. The van der Waals surface area contributed by atoms with Crippen molar-refractivity contribution in [3.05, 3.63) is 54.6 Å². The standard InChI is InChI=1S/C22H28F2N6/c1-3-11-29-13-16(12-25-29)15(2)26-17-7-9-18(10-8-17)27-20-5-4-6-21-28-19(22(23)24)14-30(20)21/h4-6,12-14,17-18,22,26-27H,2-3,7-11H2,1H3. The number of fused-ring (bicyclic) bond motifs is 1. The predicted octanol–water partition coefficient (Wildman–Crippen LogP) is 4.86. The molecule has 0 aliphatic heterocycles. The van der Waals surface area contributed by atoms with E-state index in [-0.39, 0.29) is 5.69 Å². The number of hydrogen-bond acceptors (Lipinski definition) is 4. The Balaban J connectivity index is 1.32. The summed E-state index contributed by atoms with van der Waals surface area (Å²) < 4.78 is 29.6. The monoisotopic (exact) mass is 414 g/mol. The Bertz CT molecular complexity index is 1000. The van der Waals surface area contributed by atoms with Crippen LogP contribution in [0.3, 0.4) is 0 Å². The highest BCUT2D eigenvalue weighted by Gasteiger charge is 2.22. The van der Waals surface area contributed by atoms with Gasteiger partial charge in [0.25, 0.3) is 6.43 Å². The highest BCUT2D eigenvalue weighted by Crippen LogP contribution is 2.26. The summed E-state index contributed by atoms with van der Waals surface area (Å²) in [7, 11) is 0. The van der Waals surface area contributed by atoms with E-state index >= 15 is 0 Å². The zero-order chi connectivity index (χ0) is 21.1. The number of aryl methyl sites for hydroxylation is 1. The highest BCUT2D eigenvalue weighted by atomic mass is 19.3. The van der Waals surface area contributed by atoms with Gasteiger partial charge in [-0.25, -0.2) is 13.8 Å². The van der Waals surface area contributed by atoms with Crippen LogP contribution in [0.4, 0.5) is 14.6 Å². The van der Waals surface area contributed by atoms with Crippen molar-refractivity contribution >= 4 is 17.2 Å². The van der Waals surface area contributed by atoms with Crippen molar-refractivity contribution in [2.75, 3.05) is 5.32 Å². The number of pyridine rings is 1. The number of rotatable bonds is 8. The first-order chi connectivity index (χ1) is 14.5. The Morgan fingerprint density at radius 2 is 1.97 bits per heavy atom. The zero-order valence-corrected chi connectivity index (χ0v) is 17.2. The molecule has 30 heavy (non-hydrogen) atoms. The maximum absolute atomic E-state index is 13.0. The number of nitrogens with one attached hydrogen (secondary N) is 2. The van der Waals surface area contributed by atoms with Gasteiger partial charge in [-0.3, -0.25) is 9.08 Å². The normalized spacial score (nSPS) is 19.3. The molecule has 4 rings (SSSR count). The second kappa shape index (κ2) is 8.85. The van der Waals surface area contributed by atoms with Gasteiger partial charge in [0.1, 0.15) is 17.2 Å². The third-order valence-electron chi connectivity index (χ3n) is 5.63. The average Bonchev–Trinajstić information content (AvgIpc) is 3.37. The van der Waals surface area contributed by atoms with Crippen LogP contribution in [0.1, 0.15) is 56.7 Å². The second-order valence-corrected chi connectivity index (χ2v) is 7.91. The summed E-state index contributed by atoms with van der Waals surface area (Å²) in [6.45, 7) is 7.22. The molecule has 3 aromatic heterocycles. The average molecular weight is 415 g/mol. The van der Waals surface area contributed by atoms with Crippen LogP contribution in [0.25, 0.3) is 11.3 Å². The smallest absolute Gasteiger partial charge is 0.281 e. The van der Waals surface area contributed by atoms with Crippen LogP contribution in [0.2, 0.25) is 0 Å². The summed E-state index contributed by atoms with van der Waals surface area (Å²) in [6.07, 6.45) is 7.81. The molecule has 0 radical (unpaired) electrons. The predicted molar refractivity (Wildman–Crippen MR) is 115 cm³/mol. The summed E-state index contributed by atoms with van der Waals surface area (Å²) in [5.74, 6) is 0.802. The Morgan fingerprint density at radius 1 is 1.20 bits per heavy atom. The van der Waals surface area contributed by atoms with E-state index in [0.717, 1.165) is 55.7 Å². The first-order valence-corrected chi connectivity index (χ1v) is 10.5. The number of aromatic nitrogens is 4. The maximum atomic E-state index is 13.0. The van der Waals surface area contributed by atoms with Crippen molar-refractivity contribution in [1.29, 1.82) is 0 Å². The molecule has 3 heterocycles. The van der Waals surface area contributed by atoms with Crippen LogP contribution in [0.5, 0.6) is 0 Å². The van der Waals surface area contributed by atoms with Gasteiger partial charge in [0.05, 0.1) is 6.20 Å². The molecule has 3 aromatic rings. The Hall–Kier alpha value is -2.90. The molecule has 1 fully saturated rings. The van der Waals surface area contributed by atoms with Crippen LogP contribution >= 0.6 is 0 Å². The Kier molecular flexibility index (Phi) is 6.01. The zero-order valence-electron chi connectivity index (χ0n) is 17.2. The molecule has 6 nitrogen and oxygen atoms in total. The molecule has 160 valence electrons. The lowest BCUT2D eigenvalue weighted by Gasteiger charge is -2.31. The quantitative estimate of drug-likeness (QED) is 0.553. The molecule has 1 aliphatic carbocycles. The van der Waals surface area contributed by atoms with Gasteiger partial charge in [-0.05, 0) is 44.2 Å². The minimum absolute atomic E-state index is 0.196. The van der Waals surface area contributed by atoms with Gasteiger partial charge in [-0.15, -0.1) is 0 Å². The maximum Gasteiger partial charge on any atom is 0.281 e. The molecular weight excluding hydrogens is 386 g/mol. The van der Waals surface area contributed by atoms with Crippen molar-refractivity contribution in [3.8, 4) is 0 Å². The molecule has 0 amide bonds. The van der Waals surface area contributed by atoms with Crippen molar-refractivity contribution in [2.45, 2.75) is 64.1 Å². The van der Waals surface area contributed by atoms with E-state index in [9.17, 15) is 8.78 Å². The summed E-state index contributed by atoms with van der Waals surface area (Å²) in [5, 5.41) is 11.4. The summed E-state index contributed by atoms with van der Waals surface area (Å²) in [4.78, 5) is 4.00. The van der Waals surface area contributed by atoms with Crippen molar-refractivity contribution in [2.24, 2.45) is 0 Å². The molecule has 0 saturated heterocycles. The van der Waals surface area contributed by atoms with Gasteiger partial charge in [0.2, 0.25) is 0 Å². The van der Waals surface area contributed by atoms with Gasteiger partial charge < -0.3 is 10.6 Å². The van der Waals surface area contributed by atoms with Crippen LogP contribution in [-0.4, -0.2) is 31.2 Å². The van der Waals surface area contributed by atoms with Crippen LogP contribution in [-0.2, 0) is 6.54 Å². The SMILES string of the molecule is C=C(NC1CCC(Nc2cccc3nc(C(F)F)cn23)CC1)c1cnn(CCC)c1. The Morgan fingerprint density at radius 3 is 2.70 bits per heavy atom. The van der Waals surface area contributed by atoms with Gasteiger partial charge in [-0.1, -0.05) is 19.6 Å². The lowest BCUT2D eigenvalue weighted by atomic mass is 9.91. The van der Waals surface area contributed by atoms with Crippen LogP contribution in [0.15, 0.2) is 43.4 Å². The van der Waals surface area contributed by atoms with Gasteiger partial charge in [-0.2, -0.15) is 5.10 Å². The fourth-order valence-corrected chi connectivity index (χ4v) is 4.04. The van der Waals surface area contributed by atoms with E-state index in [0.29, 0.717) is 17.7 Å². The van der Waals surface area contributed by atoms with Crippen molar-refractivity contribution in [3.63, 3.8) is 0 Å². The van der Waals surface area contributed by atoms with E-state index in [4.69, 9.17) is 0 Å². The van der Waals surface area contributed by atoms with Crippen LogP contribution < -0.4 is 10.6 Å². The molecule has 0 bridgehead atoms.